The lowest BCUT2D eigenvalue weighted by molar-refractivity contribution is 0.102. The van der Waals surface area contributed by atoms with E-state index >= 15 is 0 Å². The van der Waals surface area contributed by atoms with E-state index < -0.39 is 0 Å². The first-order valence-electron chi connectivity index (χ1n) is 9.08. The van der Waals surface area contributed by atoms with Gasteiger partial charge in [-0.05, 0) is 67.9 Å². The smallest absolute Gasteiger partial charge is 0.255 e. The molecule has 1 amide bonds. The molecule has 0 spiro atoms. The molecule has 0 bridgehead atoms. The van der Waals surface area contributed by atoms with Gasteiger partial charge in [0.25, 0.3) is 5.91 Å². The predicted molar refractivity (Wildman–Crippen MR) is 113 cm³/mol. The maximum absolute atomic E-state index is 12.6. The molecule has 0 atom stereocenters. The average Bonchev–Trinajstić information content (AvgIpc) is 2.70. The van der Waals surface area contributed by atoms with Gasteiger partial charge < -0.3 is 14.8 Å². The lowest BCUT2D eigenvalue weighted by Gasteiger charge is -2.14. The summed E-state index contributed by atoms with van der Waals surface area (Å²) in [7, 11) is 0. The normalized spacial score (nSPS) is 10.4. The van der Waals surface area contributed by atoms with Crippen molar-refractivity contribution >= 4 is 23.2 Å². The Bertz CT molecular complexity index is 954. The largest absolute Gasteiger partial charge is 0.493 e. The summed E-state index contributed by atoms with van der Waals surface area (Å²) >= 11 is 5.89. The Morgan fingerprint density at radius 3 is 2.43 bits per heavy atom. The molecule has 4 nitrogen and oxygen atoms in total. The van der Waals surface area contributed by atoms with Crippen LogP contribution in [0.4, 0.5) is 5.69 Å². The number of rotatable bonds is 7. The molecule has 0 heterocycles. The fourth-order valence-corrected chi connectivity index (χ4v) is 2.87. The third-order valence-electron chi connectivity index (χ3n) is 4.20. The van der Waals surface area contributed by atoms with E-state index in [9.17, 15) is 4.79 Å². The maximum Gasteiger partial charge on any atom is 0.255 e. The van der Waals surface area contributed by atoms with E-state index in [0.29, 0.717) is 35.2 Å². The number of amides is 1. The van der Waals surface area contributed by atoms with E-state index in [1.54, 1.807) is 42.5 Å². The molecule has 0 radical (unpaired) electrons. The highest BCUT2D eigenvalue weighted by Gasteiger charge is 2.12. The number of hydrogen-bond donors (Lipinski definition) is 1. The van der Waals surface area contributed by atoms with Crippen molar-refractivity contribution < 1.29 is 14.3 Å². The number of carbonyl (C=O) groups excluding carboxylic acids is 1. The van der Waals surface area contributed by atoms with Crippen molar-refractivity contribution in [3.63, 3.8) is 0 Å². The van der Waals surface area contributed by atoms with Crippen molar-refractivity contribution in [3.05, 3.63) is 88.4 Å². The number of carbonyl (C=O) groups is 1. The van der Waals surface area contributed by atoms with Gasteiger partial charge in [-0.1, -0.05) is 29.8 Å². The second kappa shape index (κ2) is 9.29. The van der Waals surface area contributed by atoms with Gasteiger partial charge in [-0.3, -0.25) is 4.79 Å². The van der Waals surface area contributed by atoms with E-state index in [2.05, 4.69) is 5.32 Å². The van der Waals surface area contributed by atoms with Crippen molar-refractivity contribution in [2.75, 3.05) is 11.9 Å². The first-order chi connectivity index (χ1) is 13.6. The predicted octanol–water partition coefficient (Wildman–Crippen LogP) is 5.88. The van der Waals surface area contributed by atoms with Crippen LogP contribution in [0.15, 0.2) is 66.7 Å². The molecule has 0 aromatic heterocycles. The van der Waals surface area contributed by atoms with Gasteiger partial charge >= 0.3 is 0 Å². The van der Waals surface area contributed by atoms with Gasteiger partial charge in [0.15, 0.2) is 0 Å². The Morgan fingerprint density at radius 1 is 0.964 bits per heavy atom. The molecule has 144 valence electrons. The third kappa shape index (κ3) is 5.05. The second-order valence-corrected chi connectivity index (χ2v) is 6.71. The SMILES string of the molecule is CCOc1ccc(C(=O)Nc2ccc(Cl)cc2)cc1COc1ccccc1C. The van der Waals surface area contributed by atoms with Crippen LogP contribution in [-0.4, -0.2) is 12.5 Å². The Balaban J connectivity index is 1.79. The highest BCUT2D eigenvalue weighted by molar-refractivity contribution is 6.30. The molecule has 3 aromatic carbocycles. The van der Waals surface area contributed by atoms with Crippen LogP contribution in [0.3, 0.4) is 0 Å². The maximum atomic E-state index is 12.6. The minimum Gasteiger partial charge on any atom is -0.493 e. The van der Waals surface area contributed by atoms with Crippen molar-refractivity contribution in [2.45, 2.75) is 20.5 Å². The number of benzene rings is 3. The molecule has 0 unspecified atom stereocenters. The summed E-state index contributed by atoms with van der Waals surface area (Å²) in [4.78, 5) is 12.6. The average molecular weight is 396 g/mol. The zero-order chi connectivity index (χ0) is 19.9. The van der Waals surface area contributed by atoms with Crippen LogP contribution in [0.1, 0.15) is 28.4 Å². The first-order valence-corrected chi connectivity index (χ1v) is 9.45. The van der Waals surface area contributed by atoms with Crippen molar-refractivity contribution in [3.8, 4) is 11.5 Å². The summed E-state index contributed by atoms with van der Waals surface area (Å²) in [6, 6.07) is 20.2. The molecule has 0 saturated carbocycles. The lowest BCUT2D eigenvalue weighted by Crippen LogP contribution is -2.13. The van der Waals surface area contributed by atoms with E-state index in [4.69, 9.17) is 21.1 Å². The van der Waals surface area contributed by atoms with Gasteiger partial charge in [-0.2, -0.15) is 0 Å². The molecular formula is C23H22ClNO3. The first kappa shape index (κ1) is 19.8. The van der Waals surface area contributed by atoms with Crippen molar-refractivity contribution in [2.24, 2.45) is 0 Å². The van der Waals surface area contributed by atoms with Crippen LogP contribution in [-0.2, 0) is 6.61 Å². The zero-order valence-corrected chi connectivity index (χ0v) is 16.6. The number of aryl methyl sites for hydroxylation is 1. The monoisotopic (exact) mass is 395 g/mol. The number of para-hydroxylation sites is 1. The molecule has 0 saturated heterocycles. The Kier molecular flexibility index (Phi) is 6.56. The van der Waals surface area contributed by atoms with Crippen LogP contribution in [0.2, 0.25) is 5.02 Å². The van der Waals surface area contributed by atoms with Crippen LogP contribution in [0.5, 0.6) is 11.5 Å². The zero-order valence-electron chi connectivity index (χ0n) is 15.9. The van der Waals surface area contributed by atoms with Crippen LogP contribution in [0, 0.1) is 6.92 Å². The molecule has 0 aliphatic rings. The van der Waals surface area contributed by atoms with E-state index in [-0.39, 0.29) is 5.91 Å². The summed E-state index contributed by atoms with van der Waals surface area (Å²) in [6.07, 6.45) is 0. The minimum absolute atomic E-state index is 0.206. The quantitative estimate of drug-likeness (QED) is 0.543. The molecule has 28 heavy (non-hydrogen) atoms. The molecule has 1 N–H and O–H groups in total. The molecular weight excluding hydrogens is 374 g/mol. The van der Waals surface area contributed by atoms with Crippen LogP contribution in [0.25, 0.3) is 0 Å². The van der Waals surface area contributed by atoms with Gasteiger partial charge in [-0.25, -0.2) is 0 Å². The molecule has 5 heteroatoms. The molecule has 0 fully saturated rings. The van der Waals surface area contributed by atoms with Gasteiger partial charge in [0.1, 0.15) is 18.1 Å². The van der Waals surface area contributed by atoms with Crippen LogP contribution >= 0.6 is 11.6 Å². The van der Waals surface area contributed by atoms with E-state index in [1.807, 2.05) is 38.1 Å². The summed E-state index contributed by atoms with van der Waals surface area (Å²) in [6.45, 7) is 4.76. The lowest BCUT2D eigenvalue weighted by atomic mass is 10.1. The summed E-state index contributed by atoms with van der Waals surface area (Å²) in [5.74, 6) is 1.31. The van der Waals surface area contributed by atoms with Gasteiger partial charge in [0.05, 0.1) is 6.61 Å². The van der Waals surface area contributed by atoms with E-state index in [1.165, 1.54) is 0 Å². The summed E-state index contributed by atoms with van der Waals surface area (Å²) in [5.41, 5.74) is 3.08. The Labute approximate surface area is 170 Å². The fourth-order valence-electron chi connectivity index (χ4n) is 2.74. The van der Waals surface area contributed by atoms with Crippen LogP contribution < -0.4 is 14.8 Å². The number of nitrogens with one attached hydrogen (secondary N) is 1. The Hall–Kier alpha value is -2.98. The molecule has 0 aliphatic carbocycles. The third-order valence-corrected chi connectivity index (χ3v) is 4.45. The second-order valence-electron chi connectivity index (χ2n) is 6.27. The van der Waals surface area contributed by atoms with Gasteiger partial charge in [0.2, 0.25) is 0 Å². The number of anilines is 1. The van der Waals surface area contributed by atoms with Crippen molar-refractivity contribution in [1.82, 2.24) is 0 Å². The highest BCUT2D eigenvalue weighted by atomic mass is 35.5. The summed E-state index contributed by atoms with van der Waals surface area (Å²) in [5, 5.41) is 3.49. The summed E-state index contributed by atoms with van der Waals surface area (Å²) < 4.78 is 11.6. The minimum atomic E-state index is -0.206. The molecule has 3 aromatic rings. The Morgan fingerprint density at radius 2 is 1.71 bits per heavy atom. The number of ether oxygens (including phenoxy) is 2. The molecule has 0 aliphatic heterocycles. The fraction of sp³-hybridized carbons (Fsp3) is 0.174. The van der Waals surface area contributed by atoms with Gasteiger partial charge in [0, 0.05) is 21.8 Å². The highest BCUT2D eigenvalue weighted by Crippen LogP contribution is 2.25. The van der Waals surface area contributed by atoms with E-state index in [0.717, 1.165) is 16.9 Å². The van der Waals surface area contributed by atoms with Crippen molar-refractivity contribution in [1.29, 1.82) is 0 Å². The number of halogens is 1. The number of hydrogen-bond acceptors (Lipinski definition) is 3. The molecule has 3 rings (SSSR count). The standard InChI is InChI=1S/C23H22ClNO3/c1-3-27-22-13-8-17(23(26)25-20-11-9-19(24)10-12-20)14-18(22)15-28-21-7-5-4-6-16(21)2/h4-14H,3,15H2,1-2H3,(H,25,26). The topological polar surface area (TPSA) is 47.6 Å². The van der Waals surface area contributed by atoms with Gasteiger partial charge in [-0.15, -0.1) is 0 Å².